The lowest BCUT2D eigenvalue weighted by atomic mass is 10.1. The highest BCUT2D eigenvalue weighted by Crippen LogP contribution is 2.16. The molecule has 0 unspecified atom stereocenters. The van der Waals surface area contributed by atoms with Crippen LogP contribution in [0, 0.1) is 0 Å². The van der Waals surface area contributed by atoms with Crippen LogP contribution >= 0.6 is 12.2 Å². The molecule has 2 heterocycles. The first-order valence-corrected chi connectivity index (χ1v) is 8.52. The quantitative estimate of drug-likeness (QED) is 0.399. The van der Waals surface area contributed by atoms with Crippen molar-refractivity contribution in [1.82, 2.24) is 20.6 Å². The van der Waals surface area contributed by atoms with Gasteiger partial charge in [-0.15, -0.1) is 0 Å². The van der Waals surface area contributed by atoms with Gasteiger partial charge in [-0.2, -0.15) is 0 Å². The van der Waals surface area contributed by atoms with Gasteiger partial charge in [0.1, 0.15) is 5.65 Å². The molecule has 0 aliphatic rings. The summed E-state index contributed by atoms with van der Waals surface area (Å²) in [4.78, 5) is 18.9. The maximum absolute atomic E-state index is 11.5. The van der Waals surface area contributed by atoms with Crippen molar-refractivity contribution in [2.24, 2.45) is 0 Å². The predicted molar refractivity (Wildman–Crippen MR) is 108 cm³/mol. The lowest BCUT2D eigenvalue weighted by molar-refractivity contribution is -0.111. The normalized spacial score (nSPS) is 10.3. The summed E-state index contributed by atoms with van der Waals surface area (Å²) < 4.78 is 0. The van der Waals surface area contributed by atoms with Crippen molar-refractivity contribution in [3.05, 3.63) is 72.6 Å². The fraction of sp³-hybridized carbons (Fsp3) is 0.105. The molecule has 4 N–H and O–H groups in total. The summed E-state index contributed by atoms with van der Waals surface area (Å²) in [5.41, 5.74) is 3.63. The Morgan fingerprint density at radius 1 is 1.15 bits per heavy atom. The Hall–Kier alpha value is -3.19. The number of hydrogen-bond acceptors (Lipinski definition) is 3. The molecule has 0 saturated heterocycles. The average molecular weight is 365 g/mol. The Morgan fingerprint density at radius 3 is 2.73 bits per heavy atom. The van der Waals surface area contributed by atoms with Crippen LogP contribution in [-0.2, 0) is 17.9 Å². The number of nitrogens with zero attached hydrogens (tertiary/aromatic N) is 1. The molecule has 3 rings (SSSR count). The summed E-state index contributed by atoms with van der Waals surface area (Å²) in [6.45, 7) is 4.56. The zero-order valence-corrected chi connectivity index (χ0v) is 14.9. The number of amides is 1. The number of aromatic amines is 1. The van der Waals surface area contributed by atoms with E-state index in [1.54, 1.807) is 6.20 Å². The number of pyridine rings is 1. The molecule has 1 aromatic carbocycles. The first-order valence-electron chi connectivity index (χ1n) is 8.11. The van der Waals surface area contributed by atoms with Crippen molar-refractivity contribution in [3.8, 4) is 0 Å². The highest BCUT2D eigenvalue weighted by Gasteiger charge is 2.06. The summed E-state index contributed by atoms with van der Waals surface area (Å²) in [5, 5.41) is 10.8. The van der Waals surface area contributed by atoms with Gasteiger partial charge in [0.25, 0.3) is 0 Å². The second kappa shape index (κ2) is 8.26. The summed E-state index contributed by atoms with van der Waals surface area (Å²) in [6, 6.07) is 11.5. The SMILES string of the molecule is C=CC(=O)Nc1ccccc1CNC(=S)NCc1ccnc2[nH]ccc12. The zero-order chi connectivity index (χ0) is 18.4. The van der Waals surface area contributed by atoms with Crippen LogP contribution in [0.15, 0.2) is 61.4 Å². The summed E-state index contributed by atoms with van der Waals surface area (Å²) in [7, 11) is 0. The molecule has 3 aromatic rings. The Morgan fingerprint density at radius 2 is 1.92 bits per heavy atom. The van der Waals surface area contributed by atoms with Gasteiger partial charge in [0.05, 0.1) is 0 Å². The molecule has 0 fully saturated rings. The van der Waals surface area contributed by atoms with Gasteiger partial charge in [-0.3, -0.25) is 4.79 Å². The van der Waals surface area contributed by atoms with E-state index in [1.807, 2.05) is 42.6 Å². The van der Waals surface area contributed by atoms with Crippen molar-refractivity contribution < 1.29 is 4.79 Å². The van der Waals surface area contributed by atoms with Crippen LogP contribution < -0.4 is 16.0 Å². The number of para-hydroxylation sites is 1. The van der Waals surface area contributed by atoms with Gasteiger partial charge in [-0.25, -0.2) is 4.98 Å². The summed E-state index contributed by atoms with van der Waals surface area (Å²) in [5.74, 6) is -0.244. The van der Waals surface area contributed by atoms with Crippen molar-refractivity contribution in [1.29, 1.82) is 0 Å². The number of carbonyl (C=O) groups excluding carboxylic acids is 1. The molecule has 0 bridgehead atoms. The highest BCUT2D eigenvalue weighted by atomic mass is 32.1. The minimum Gasteiger partial charge on any atom is -0.359 e. The van der Waals surface area contributed by atoms with Crippen LogP contribution in [0.3, 0.4) is 0 Å². The van der Waals surface area contributed by atoms with Crippen molar-refractivity contribution >= 4 is 40.0 Å². The van der Waals surface area contributed by atoms with Crippen LogP contribution in [-0.4, -0.2) is 21.0 Å². The van der Waals surface area contributed by atoms with Crippen molar-refractivity contribution in [3.63, 3.8) is 0 Å². The molecule has 0 aliphatic carbocycles. The smallest absolute Gasteiger partial charge is 0.247 e. The third-order valence-electron chi connectivity index (χ3n) is 3.89. The van der Waals surface area contributed by atoms with Crippen molar-refractivity contribution in [2.45, 2.75) is 13.1 Å². The highest BCUT2D eigenvalue weighted by molar-refractivity contribution is 7.80. The number of thiocarbonyl (C=S) groups is 1. The Labute approximate surface area is 156 Å². The Balaban J connectivity index is 1.57. The molecular formula is C19H19N5OS. The van der Waals surface area contributed by atoms with E-state index in [4.69, 9.17) is 12.2 Å². The van der Waals surface area contributed by atoms with Crippen LogP contribution in [0.4, 0.5) is 5.69 Å². The molecule has 1 amide bonds. The number of fused-ring (bicyclic) bond motifs is 1. The molecule has 132 valence electrons. The number of H-pyrrole nitrogens is 1. The number of rotatable bonds is 6. The maximum Gasteiger partial charge on any atom is 0.247 e. The second-order valence-corrected chi connectivity index (χ2v) is 6.01. The van der Waals surface area contributed by atoms with Crippen LogP contribution in [0.25, 0.3) is 11.0 Å². The van der Waals surface area contributed by atoms with Gasteiger partial charge in [0, 0.05) is 36.6 Å². The number of hydrogen-bond donors (Lipinski definition) is 4. The van der Waals surface area contributed by atoms with Crippen LogP contribution in [0.5, 0.6) is 0 Å². The first kappa shape index (κ1) is 17.6. The Kier molecular flexibility index (Phi) is 5.60. The van der Waals surface area contributed by atoms with Crippen molar-refractivity contribution in [2.75, 3.05) is 5.32 Å². The van der Waals surface area contributed by atoms with E-state index < -0.39 is 0 Å². The van der Waals surface area contributed by atoms with E-state index in [-0.39, 0.29) is 5.91 Å². The Bertz CT molecular complexity index is 950. The maximum atomic E-state index is 11.5. The lowest BCUT2D eigenvalue weighted by Crippen LogP contribution is -2.34. The number of carbonyl (C=O) groups is 1. The monoisotopic (exact) mass is 365 g/mol. The van der Waals surface area contributed by atoms with Crippen LogP contribution in [0.1, 0.15) is 11.1 Å². The largest absolute Gasteiger partial charge is 0.359 e. The summed E-state index contributed by atoms with van der Waals surface area (Å²) in [6.07, 6.45) is 4.88. The number of nitrogens with one attached hydrogen (secondary N) is 4. The van der Waals surface area contributed by atoms with Gasteiger partial charge in [0.2, 0.25) is 5.91 Å². The molecule has 7 heteroatoms. The minimum atomic E-state index is -0.244. The van der Waals surface area contributed by atoms with Gasteiger partial charge in [-0.05, 0) is 47.6 Å². The number of anilines is 1. The molecule has 2 aromatic heterocycles. The lowest BCUT2D eigenvalue weighted by Gasteiger charge is -2.14. The first-order chi connectivity index (χ1) is 12.7. The fourth-order valence-electron chi connectivity index (χ4n) is 2.57. The number of benzene rings is 1. The van der Waals surface area contributed by atoms with Gasteiger partial charge in [0.15, 0.2) is 5.11 Å². The minimum absolute atomic E-state index is 0.244. The van der Waals surface area contributed by atoms with E-state index in [1.165, 1.54) is 6.08 Å². The molecule has 6 nitrogen and oxygen atoms in total. The number of aromatic nitrogens is 2. The van der Waals surface area contributed by atoms with Gasteiger partial charge in [-0.1, -0.05) is 24.8 Å². The summed E-state index contributed by atoms with van der Waals surface area (Å²) >= 11 is 5.36. The molecule has 0 spiro atoms. The molecule has 26 heavy (non-hydrogen) atoms. The van der Waals surface area contributed by atoms with E-state index in [2.05, 4.69) is 32.5 Å². The molecule has 0 radical (unpaired) electrons. The average Bonchev–Trinajstić information content (AvgIpc) is 3.15. The molecule has 0 saturated carbocycles. The topological polar surface area (TPSA) is 81.8 Å². The third-order valence-corrected chi connectivity index (χ3v) is 4.18. The molecular weight excluding hydrogens is 346 g/mol. The third kappa shape index (κ3) is 4.25. The van der Waals surface area contributed by atoms with E-state index in [0.29, 0.717) is 18.2 Å². The molecule has 0 atom stereocenters. The standard InChI is InChI=1S/C19H19N5OS/c1-2-17(25)24-16-6-4-3-5-14(16)12-23-19(26)22-11-13-7-9-20-18-15(13)8-10-21-18/h2-10H,1,11-12H2,(H,20,21)(H,24,25)(H2,22,23,26). The van der Waals surface area contributed by atoms with Gasteiger partial charge >= 0.3 is 0 Å². The fourth-order valence-corrected chi connectivity index (χ4v) is 2.71. The van der Waals surface area contributed by atoms with Crippen LogP contribution in [0.2, 0.25) is 0 Å². The molecule has 0 aliphatic heterocycles. The second-order valence-electron chi connectivity index (χ2n) is 5.60. The van der Waals surface area contributed by atoms with E-state index in [9.17, 15) is 4.79 Å². The predicted octanol–water partition coefficient (Wildman–Crippen LogP) is 2.85. The van der Waals surface area contributed by atoms with Gasteiger partial charge < -0.3 is 20.9 Å². The zero-order valence-electron chi connectivity index (χ0n) is 14.1. The van der Waals surface area contributed by atoms with E-state index in [0.717, 1.165) is 27.8 Å². The van der Waals surface area contributed by atoms with E-state index >= 15 is 0 Å².